The summed E-state index contributed by atoms with van der Waals surface area (Å²) in [6.45, 7) is 8.80. The first-order chi connectivity index (χ1) is 7.24. The molecule has 0 spiro atoms. The summed E-state index contributed by atoms with van der Waals surface area (Å²) in [6, 6.07) is 9.00. The summed E-state index contributed by atoms with van der Waals surface area (Å²) in [5, 5.41) is 3.44. The van der Waals surface area contributed by atoms with Crippen LogP contribution in [0.15, 0.2) is 24.3 Å². The molecule has 0 bridgehead atoms. The molecule has 0 aliphatic carbocycles. The normalized spacial score (nSPS) is 12.7. The molecule has 0 aliphatic heterocycles. The molecular formula is C13H21NO. The van der Waals surface area contributed by atoms with E-state index in [9.17, 15) is 0 Å². The molecule has 0 saturated heterocycles. The lowest BCUT2D eigenvalue weighted by Crippen LogP contribution is -2.23. The van der Waals surface area contributed by atoms with Crippen LogP contribution in [0.2, 0.25) is 0 Å². The van der Waals surface area contributed by atoms with Gasteiger partial charge in [-0.3, -0.25) is 0 Å². The number of benzene rings is 1. The molecule has 0 saturated carbocycles. The van der Waals surface area contributed by atoms with E-state index in [4.69, 9.17) is 4.74 Å². The fourth-order valence-corrected chi connectivity index (χ4v) is 1.55. The van der Waals surface area contributed by atoms with Crippen molar-refractivity contribution in [3.05, 3.63) is 35.4 Å². The summed E-state index contributed by atoms with van der Waals surface area (Å²) in [4.78, 5) is 0. The first kappa shape index (κ1) is 12.2. The van der Waals surface area contributed by atoms with Crippen LogP contribution in [0.3, 0.4) is 0 Å². The Hall–Kier alpha value is -0.860. The zero-order valence-electron chi connectivity index (χ0n) is 9.92. The molecule has 15 heavy (non-hydrogen) atoms. The molecule has 0 amide bonds. The highest BCUT2D eigenvalue weighted by Crippen LogP contribution is 2.13. The smallest absolute Gasteiger partial charge is 0.0590 e. The second kappa shape index (κ2) is 6.59. The van der Waals surface area contributed by atoms with Crippen LogP contribution in [0.1, 0.15) is 31.0 Å². The first-order valence-corrected chi connectivity index (χ1v) is 5.61. The van der Waals surface area contributed by atoms with E-state index in [1.54, 1.807) is 0 Å². The van der Waals surface area contributed by atoms with Crippen LogP contribution < -0.4 is 5.32 Å². The Kier molecular flexibility index (Phi) is 5.37. The van der Waals surface area contributed by atoms with Crippen LogP contribution in [-0.4, -0.2) is 19.8 Å². The summed E-state index contributed by atoms with van der Waals surface area (Å²) in [5.74, 6) is 0. The van der Waals surface area contributed by atoms with Crippen molar-refractivity contribution in [2.75, 3.05) is 19.8 Å². The third-order valence-corrected chi connectivity index (χ3v) is 2.44. The number of aryl methyl sites for hydroxylation is 1. The molecule has 0 aromatic heterocycles. The minimum Gasteiger partial charge on any atom is -0.380 e. The third-order valence-electron chi connectivity index (χ3n) is 2.44. The molecule has 1 rings (SSSR count). The molecule has 0 unspecified atom stereocenters. The van der Waals surface area contributed by atoms with Crippen LogP contribution in [0.25, 0.3) is 0 Å². The van der Waals surface area contributed by atoms with Crippen LogP contribution in [0.5, 0.6) is 0 Å². The predicted molar refractivity (Wildman–Crippen MR) is 64.1 cm³/mol. The van der Waals surface area contributed by atoms with Gasteiger partial charge in [-0.05, 0) is 26.3 Å². The quantitative estimate of drug-likeness (QED) is 0.724. The van der Waals surface area contributed by atoms with Gasteiger partial charge in [0.25, 0.3) is 0 Å². The van der Waals surface area contributed by atoms with Crippen LogP contribution in [-0.2, 0) is 4.74 Å². The zero-order chi connectivity index (χ0) is 11.1. The van der Waals surface area contributed by atoms with Gasteiger partial charge in [-0.2, -0.15) is 0 Å². The third kappa shape index (κ3) is 4.45. The van der Waals surface area contributed by atoms with E-state index in [1.165, 1.54) is 11.1 Å². The molecule has 0 fully saturated rings. The van der Waals surface area contributed by atoms with Gasteiger partial charge in [0.05, 0.1) is 6.61 Å². The minimum atomic E-state index is 0.394. The van der Waals surface area contributed by atoms with Crippen molar-refractivity contribution in [2.45, 2.75) is 26.8 Å². The average Bonchev–Trinajstić information content (AvgIpc) is 2.24. The van der Waals surface area contributed by atoms with Gasteiger partial charge in [-0.25, -0.2) is 0 Å². The second-order valence-electron chi connectivity index (χ2n) is 3.79. The molecule has 2 nitrogen and oxygen atoms in total. The van der Waals surface area contributed by atoms with Crippen molar-refractivity contribution in [3.63, 3.8) is 0 Å². The van der Waals surface area contributed by atoms with Gasteiger partial charge in [-0.1, -0.05) is 29.8 Å². The number of ether oxygens (including phenoxy) is 1. The number of nitrogens with one attached hydrogen (secondary N) is 1. The molecule has 0 radical (unpaired) electrons. The van der Waals surface area contributed by atoms with Crippen LogP contribution in [0, 0.1) is 6.92 Å². The highest BCUT2D eigenvalue weighted by atomic mass is 16.5. The fraction of sp³-hybridized carbons (Fsp3) is 0.538. The lowest BCUT2D eigenvalue weighted by molar-refractivity contribution is 0.147. The van der Waals surface area contributed by atoms with Crippen molar-refractivity contribution >= 4 is 0 Å². The highest BCUT2D eigenvalue weighted by molar-refractivity contribution is 5.24. The Bertz CT molecular complexity index is 286. The van der Waals surface area contributed by atoms with Crippen molar-refractivity contribution in [3.8, 4) is 0 Å². The predicted octanol–water partition coefficient (Wildman–Crippen LogP) is 2.68. The fourth-order valence-electron chi connectivity index (χ4n) is 1.55. The maximum absolute atomic E-state index is 5.28. The Morgan fingerprint density at radius 3 is 2.87 bits per heavy atom. The zero-order valence-corrected chi connectivity index (χ0v) is 9.92. The van der Waals surface area contributed by atoms with Crippen molar-refractivity contribution in [1.29, 1.82) is 0 Å². The maximum atomic E-state index is 5.28. The van der Waals surface area contributed by atoms with Gasteiger partial charge in [0.1, 0.15) is 0 Å². The molecule has 0 heterocycles. The summed E-state index contributed by atoms with van der Waals surface area (Å²) in [6.07, 6.45) is 0. The molecule has 1 N–H and O–H groups in total. The number of hydrogen-bond acceptors (Lipinski definition) is 2. The van der Waals surface area contributed by atoms with Crippen molar-refractivity contribution in [2.24, 2.45) is 0 Å². The number of rotatable bonds is 6. The molecule has 1 atom stereocenters. The van der Waals surface area contributed by atoms with Gasteiger partial charge in [0, 0.05) is 19.2 Å². The lowest BCUT2D eigenvalue weighted by atomic mass is 10.1. The second-order valence-corrected chi connectivity index (χ2v) is 3.79. The van der Waals surface area contributed by atoms with Crippen molar-refractivity contribution < 1.29 is 4.74 Å². The van der Waals surface area contributed by atoms with E-state index >= 15 is 0 Å². The highest BCUT2D eigenvalue weighted by Gasteiger charge is 2.03. The summed E-state index contributed by atoms with van der Waals surface area (Å²) in [5.41, 5.74) is 2.65. The van der Waals surface area contributed by atoms with E-state index in [0.717, 1.165) is 19.8 Å². The Balaban J connectivity index is 2.36. The molecule has 0 aliphatic rings. The van der Waals surface area contributed by atoms with Crippen LogP contribution >= 0.6 is 0 Å². The van der Waals surface area contributed by atoms with E-state index in [-0.39, 0.29) is 0 Å². The topological polar surface area (TPSA) is 21.3 Å². The van der Waals surface area contributed by atoms with Gasteiger partial charge in [-0.15, -0.1) is 0 Å². The standard InChI is InChI=1S/C13H21NO/c1-4-15-9-8-14-12(3)13-7-5-6-11(2)10-13/h5-7,10,12,14H,4,8-9H2,1-3H3/t12-/m0/s1. The average molecular weight is 207 g/mol. The van der Waals surface area contributed by atoms with Gasteiger partial charge in [0.2, 0.25) is 0 Å². The molecule has 1 aromatic rings. The Morgan fingerprint density at radius 1 is 1.40 bits per heavy atom. The molecule has 84 valence electrons. The Morgan fingerprint density at radius 2 is 2.20 bits per heavy atom. The van der Waals surface area contributed by atoms with E-state index < -0.39 is 0 Å². The maximum Gasteiger partial charge on any atom is 0.0590 e. The lowest BCUT2D eigenvalue weighted by Gasteiger charge is -2.14. The van der Waals surface area contributed by atoms with Crippen LogP contribution in [0.4, 0.5) is 0 Å². The minimum absolute atomic E-state index is 0.394. The Labute approximate surface area is 92.6 Å². The van der Waals surface area contributed by atoms with Gasteiger partial charge in [0.15, 0.2) is 0 Å². The summed E-state index contributed by atoms with van der Waals surface area (Å²) >= 11 is 0. The van der Waals surface area contributed by atoms with E-state index in [2.05, 4.69) is 43.4 Å². The SMILES string of the molecule is CCOCCN[C@@H](C)c1cccc(C)c1. The summed E-state index contributed by atoms with van der Waals surface area (Å²) < 4.78 is 5.28. The molecular weight excluding hydrogens is 186 g/mol. The van der Waals surface area contributed by atoms with Gasteiger partial charge < -0.3 is 10.1 Å². The van der Waals surface area contributed by atoms with E-state index in [1.807, 2.05) is 6.92 Å². The first-order valence-electron chi connectivity index (χ1n) is 5.61. The van der Waals surface area contributed by atoms with E-state index in [0.29, 0.717) is 6.04 Å². The summed E-state index contributed by atoms with van der Waals surface area (Å²) in [7, 11) is 0. The van der Waals surface area contributed by atoms with Gasteiger partial charge >= 0.3 is 0 Å². The largest absolute Gasteiger partial charge is 0.380 e. The monoisotopic (exact) mass is 207 g/mol. The number of hydrogen-bond donors (Lipinski definition) is 1. The molecule has 2 heteroatoms. The van der Waals surface area contributed by atoms with Crippen molar-refractivity contribution in [1.82, 2.24) is 5.32 Å². The molecule has 1 aromatic carbocycles.